The van der Waals surface area contributed by atoms with Crippen molar-refractivity contribution in [2.45, 2.75) is 52.9 Å². The maximum absolute atomic E-state index is 5.09. The van der Waals surface area contributed by atoms with Gasteiger partial charge in [0.2, 0.25) is 0 Å². The molecule has 0 bridgehead atoms. The molecule has 0 amide bonds. The Bertz CT molecular complexity index is 189. The molecule has 0 aromatic carbocycles. The topological polar surface area (TPSA) is 12.5 Å². The summed E-state index contributed by atoms with van der Waals surface area (Å²) < 4.78 is 5.09. The highest BCUT2D eigenvalue weighted by molar-refractivity contribution is 5.00. The molecule has 0 heterocycles. The van der Waals surface area contributed by atoms with Crippen molar-refractivity contribution in [1.82, 2.24) is 4.90 Å². The van der Waals surface area contributed by atoms with Gasteiger partial charge in [-0.2, -0.15) is 0 Å². The van der Waals surface area contributed by atoms with Crippen molar-refractivity contribution in [3.8, 4) is 0 Å². The molecule has 0 radical (unpaired) electrons. The normalized spacial score (nSPS) is 12.4. The molecule has 0 saturated heterocycles. The van der Waals surface area contributed by atoms with E-state index in [2.05, 4.69) is 31.7 Å². The van der Waals surface area contributed by atoms with Gasteiger partial charge in [-0.3, -0.25) is 0 Å². The molecule has 0 N–H and O–H groups in total. The Kier molecular flexibility index (Phi) is 11.9. The number of methoxy groups -OCH3 is 1. The van der Waals surface area contributed by atoms with Crippen LogP contribution in [0, 0.1) is 0 Å². The van der Waals surface area contributed by atoms with E-state index in [1.165, 1.54) is 38.8 Å². The molecular weight excluding hydrogens is 210 g/mol. The van der Waals surface area contributed by atoms with Crippen molar-refractivity contribution in [2.75, 3.05) is 33.4 Å². The van der Waals surface area contributed by atoms with Crippen LogP contribution < -0.4 is 0 Å². The van der Waals surface area contributed by atoms with Gasteiger partial charge in [0, 0.05) is 20.3 Å². The molecule has 2 heteroatoms. The third-order valence-electron chi connectivity index (χ3n) is 3.19. The van der Waals surface area contributed by atoms with E-state index in [0.29, 0.717) is 0 Å². The minimum Gasteiger partial charge on any atom is -0.385 e. The highest BCUT2D eigenvalue weighted by Crippen LogP contribution is 2.11. The Hall–Kier alpha value is -0.340. The average molecular weight is 241 g/mol. The van der Waals surface area contributed by atoms with Crippen LogP contribution in [-0.2, 0) is 4.74 Å². The molecule has 0 aliphatic rings. The van der Waals surface area contributed by atoms with Gasteiger partial charge in [-0.05, 0) is 45.2 Å². The Morgan fingerprint density at radius 2 is 1.82 bits per heavy atom. The van der Waals surface area contributed by atoms with Crippen molar-refractivity contribution in [1.29, 1.82) is 0 Å². The lowest BCUT2D eigenvalue weighted by molar-refractivity contribution is 0.173. The maximum Gasteiger partial charge on any atom is 0.0474 e. The molecule has 0 aliphatic carbocycles. The number of nitrogens with zero attached hydrogens (tertiary/aromatic N) is 1. The van der Waals surface area contributed by atoms with Gasteiger partial charge in [0.05, 0.1) is 0 Å². The van der Waals surface area contributed by atoms with Crippen LogP contribution in [0.2, 0.25) is 0 Å². The molecule has 0 spiro atoms. The Morgan fingerprint density at radius 1 is 1.12 bits per heavy atom. The van der Waals surface area contributed by atoms with E-state index in [0.717, 1.165) is 19.6 Å². The summed E-state index contributed by atoms with van der Waals surface area (Å²) in [4.78, 5) is 2.53. The lowest BCUT2D eigenvalue weighted by Gasteiger charge is -2.20. The second-order valence-corrected chi connectivity index (χ2v) is 4.51. The summed E-state index contributed by atoms with van der Waals surface area (Å²) in [5.41, 5.74) is 1.63. The monoisotopic (exact) mass is 241 g/mol. The summed E-state index contributed by atoms with van der Waals surface area (Å²) in [6.45, 7) is 11.2. The Balaban J connectivity index is 3.71. The summed E-state index contributed by atoms with van der Waals surface area (Å²) in [5, 5.41) is 0. The fourth-order valence-corrected chi connectivity index (χ4v) is 2.10. The van der Waals surface area contributed by atoms with E-state index in [9.17, 15) is 0 Å². The van der Waals surface area contributed by atoms with Gasteiger partial charge in [0.15, 0.2) is 0 Å². The van der Waals surface area contributed by atoms with Crippen LogP contribution >= 0.6 is 0 Å². The number of rotatable bonds is 11. The Labute approximate surface area is 108 Å². The van der Waals surface area contributed by atoms with Crippen molar-refractivity contribution >= 4 is 0 Å². The van der Waals surface area contributed by atoms with Crippen LogP contribution in [0.5, 0.6) is 0 Å². The lowest BCUT2D eigenvalue weighted by Crippen LogP contribution is -2.26. The highest BCUT2D eigenvalue weighted by atomic mass is 16.5. The largest absolute Gasteiger partial charge is 0.385 e. The smallest absolute Gasteiger partial charge is 0.0474 e. The van der Waals surface area contributed by atoms with E-state index in [-0.39, 0.29) is 0 Å². The zero-order valence-electron chi connectivity index (χ0n) is 12.3. The summed E-state index contributed by atoms with van der Waals surface area (Å²) in [7, 11) is 1.78. The fraction of sp³-hybridized carbons (Fsp3) is 0.867. The van der Waals surface area contributed by atoms with Gasteiger partial charge in [0.25, 0.3) is 0 Å². The van der Waals surface area contributed by atoms with Crippen molar-refractivity contribution < 1.29 is 4.74 Å². The summed E-state index contributed by atoms with van der Waals surface area (Å²) in [6, 6.07) is 0. The molecule has 17 heavy (non-hydrogen) atoms. The van der Waals surface area contributed by atoms with Gasteiger partial charge >= 0.3 is 0 Å². The zero-order chi connectivity index (χ0) is 12.9. The average Bonchev–Trinajstić information content (AvgIpc) is 2.35. The van der Waals surface area contributed by atoms with Gasteiger partial charge in [0.1, 0.15) is 0 Å². The fourth-order valence-electron chi connectivity index (χ4n) is 2.10. The van der Waals surface area contributed by atoms with Crippen LogP contribution in [0.4, 0.5) is 0 Å². The molecule has 102 valence electrons. The summed E-state index contributed by atoms with van der Waals surface area (Å²) in [5.74, 6) is 0. The molecule has 0 rings (SSSR count). The molecule has 0 atom stereocenters. The van der Waals surface area contributed by atoms with E-state index in [1.807, 2.05) is 0 Å². The molecule has 0 saturated carbocycles. The van der Waals surface area contributed by atoms with Crippen LogP contribution in [0.15, 0.2) is 11.6 Å². The standard InChI is InChI=1S/C15H31NO/c1-5-10-15(6-2)11-8-12-16(7-3)13-9-14-17-4/h10H,5-9,11-14H2,1-4H3/b15-10+. The summed E-state index contributed by atoms with van der Waals surface area (Å²) in [6.07, 6.45) is 8.49. The minimum absolute atomic E-state index is 0.881. The number of ether oxygens (including phenoxy) is 1. The van der Waals surface area contributed by atoms with E-state index in [4.69, 9.17) is 4.74 Å². The number of hydrogen-bond donors (Lipinski definition) is 0. The van der Waals surface area contributed by atoms with Crippen LogP contribution in [0.3, 0.4) is 0 Å². The molecule has 0 aliphatic heterocycles. The SMILES string of the molecule is CC/C=C(\CC)CCCN(CC)CCCOC. The molecular formula is C15H31NO. The third-order valence-corrected chi connectivity index (χ3v) is 3.19. The van der Waals surface area contributed by atoms with Gasteiger partial charge in [-0.1, -0.05) is 32.4 Å². The first-order valence-electron chi connectivity index (χ1n) is 7.17. The number of allylic oxidation sites excluding steroid dienone is 2. The van der Waals surface area contributed by atoms with Crippen LogP contribution in [0.1, 0.15) is 52.9 Å². The predicted octanol–water partition coefficient (Wildman–Crippen LogP) is 3.87. The lowest BCUT2D eigenvalue weighted by atomic mass is 10.1. The predicted molar refractivity (Wildman–Crippen MR) is 76.5 cm³/mol. The molecule has 0 aromatic heterocycles. The van der Waals surface area contributed by atoms with Gasteiger partial charge < -0.3 is 9.64 Å². The Morgan fingerprint density at radius 3 is 2.35 bits per heavy atom. The van der Waals surface area contributed by atoms with E-state index >= 15 is 0 Å². The molecule has 0 fully saturated rings. The van der Waals surface area contributed by atoms with Crippen LogP contribution in [-0.4, -0.2) is 38.3 Å². The molecule has 2 nitrogen and oxygen atoms in total. The van der Waals surface area contributed by atoms with Crippen molar-refractivity contribution in [3.63, 3.8) is 0 Å². The molecule has 0 unspecified atom stereocenters. The van der Waals surface area contributed by atoms with Crippen LogP contribution in [0.25, 0.3) is 0 Å². The minimum atomic E-state index is 0.881. The van der Waals surface area contributed by atoms with Crippen molar-refractivity contribution in [2.24, 2.45) is 0 Å². The first-order chi connectivity index (χ1) is 8.28. The second kappa shape index (κ2) is 12.1. The first-order valence-corrected chi connectivity index (χ1v) is 7.17. The maximum atomic E-state index is 5.09. The third kappa shape index (κ3) is 9.37. The van der Waals surface area contributed by atoms with E-state index in [1.54, 1.807) is 12.7 Å². The second-order valence-electron chi connectivity index (χ2n) is 4.51. The summed E-state index contributed by atoms with van der Waals surface area (Å²) >= 11 is 0. The number of hydrogen-bond acceptors (Lipinski definition) is 2. The van der Waals surface area contributed by atoms with Gasteiger partial charge in [-0.15, -0.1) is 0 Å². The van der Waals surface area contributed by atoms with E-state index < -0.39 is 0 Å². The van der Waals surface area contributed by atoms with Crippen molar-refractivity contribution in [3.05, 3.63) is 11.6 Å². The quantitative estimate of drug-likeness (QED) is 0.402. The highest BCUT2D eigenvalue weighted by Gasteiger charge is 2.02. The first kappa shape index (κ1) is 16.7. The molecule has 0 aromatic rings. The van der Waals surface area contributed by atoms with Gasteiger partial charge in [-0.25, -0.2) is 0 Å². The zero-order valence-corrected chi connectivity index (χ0v) is 12.3.